The number of piperidine rings is 1. The van der Waals surface area contributed by atoms with Gasteiger partial charge in [0.25, 0.3) is 11.6 Å². The average molecular weight is 514 g/mol. The van der Waals surface area contributed by atoms with Gasteiger partial charge in [0.1, 0.15) is 12.1 Å². The molecule has 0 bridgehead atoms. The Hall–Kier alpha value is -3.98. The van der Waals surface area contributed by atoms with Gasteiger partial charge in [-0.2, -0.15) is 0 Å². The van der Waals surface area contributed by atoms with E-state index >= 15 is 0 Å². The van der Waals surface area contributed by atoms with Crippen LogP contribution in [0, 0.1) is 16.0 Å². The first kappa shape index (κ1) is 25.7. The number of fused-ring (bicyclic) bond motifs is 1. The molecule has 0 saturated carbocycles. The average Bonchev–Trinajstić information content (AvgIpc) is 2.97. The summed E-state index contributed by atoms with van der Waals surface area (Å²) in [6.45, 7) is 2.63. The third kappa shape index (κ3) is 5.62. The first-order valence-electron chi connectivity index (χ1n) is 13.2. The number of nitro groups is 1. The molecule has 1 aliphatic heterocycles. The molecule has 9 heteroatoms. The maximum Gasteiger partial charge on any atom is 0.269 e. The van der Waals surface area contributed by atoms with Crippen LogP contribution in [-0.2, 0) is 12.8 Å². The number of amides is 1. The van der Waals surface area contributed by atoms with Crippen LogP contribution in [0.25, 0.3) is 0 Å². The number of nitro benzene ring substituents is 1. The van der Waals surface area contributed by atoms with Crippen molar-refractivity contribution < 1.29 is 14.5 Å². The van der Waals surface area contributed by atoms with Gasteiger partial charge in [0.05, 0.1) is 4.92 Å². The van der Waals surface area contributed by atoms with E-state index < -0.39 is 4.92 Å². The van der Waals surface area contributed by atoms with Crippen LogP contribution in [-0.4, -0.2) is 57.7 Å². The number of hydrogen-bond acceptors (Lipinski definition) is 7. The summed E-state index contributed by atoms with van der Waals surface area (Å²) in [4.78, 5) is 50.2. The van der Waals surface area contributed by atoms with Crippen LogP contribution < -0.4 is 4.90 Å². The molecule has 0 radical (unpaired) electrons. The van der Waals surface area contributed by atoms with Gasteiger partial charge in [-0.1, -0.05) is 30.3 Å². The highest BCUT2D eigenvalue weighted by Crippen LogP contribution is 2.29. The highest BCUT2D eigenvalue weighted by atomic mass is 16.6. The summed E-state index contributed by atoms with van der Waals surface area (Å²) in [7, 11) is 0. The number of carbonyl (C=O) groups excluding carboxylic acids is 2. The molecule has 0 unspecified atom stereocenters. The van der Waals surface area contributed by atoms with Gasteiger partial charge in [-0.15, -0.1) is 0 Å². The van der Waals surface area contributed by atoms with Crippen molar-refractivity contribution in [2.75, 3.05) is 31.1 Å². The highest BCUT2D eigenvalue weighted by molar-refractivity contribution is 6.06. The van der Waals surface area contributed by atoms with E-state index in [1.165, 1.54) is 30.6 Å². The van der Waals surface area contributed by atoms with Gasteiger partial charge in [-0.25, -0.2) is 9.97 Å². The van der Waals surface area contributed by atoms with Gasteiger partial charge in [-0.05, 0) is 63.7 Å². The van der Waals surface area contributed by atoms with Crippen LogP contribution in [0.1, 0.15) is 57.7 Å². The largest absolute Gasteiger partial charge is 0.302 e. The number of non-ortho nitro benzene ring substituents is 1. The van der Waals surface area contributed by atoms with E-state index in [2.05, 4.69) is 14.9 Å². The van der Waals surface area contributed by atoms with E-state index in [4.69, 9.17) is 0 Å². The van der Waals surface area contributed by atoms with E-state index in [9.17, 15) is 19.7 Å². The first-order chi connectivity index (χ1) is 18.5. The van der Waals surface area contributed by atoms with E-state index in [1.807, 2.05) is 30.3 Å². The zero-order chi connectivity index (χ0) is 26.5. The SMILES string of the molecule is O=C(c1ccccc1)C1CCN(CCN(C(=O)c2ccc([N+](=O)[O-])cc2)c2ncnc3c2CCCC3)CC1. The maximum atomic E-state index is 13.7. The van der Waals surface area contributed by atoms with Gasteiger partial charge in [0, 0.05) is 53.5 Å². The van der Waals surface area contributed by atoms with E-state index in [0.717, 1.165) is 68.4 Å². The van der Waals surface area contributed by atoms with Crippen LogP contribution in [0.3, 0.4) is 0 Å². The molecule has 1 amide bonds. The zero-order valence-corrected chi connectivity index (χ0v) is 21.3. The Morgan fingerprint density at radius 1 is 0.947 bits per heavy atom. The summed E-state index contributed by atoms with van der Waals surface area (Å²) >= 11 is 0. The third-order valence-electron chi connectivity index (χ3n) is 7.58. The lowest BCUT2D eigenvalue weighted by atomic mass is 9.89. The lowest BCUT2D eigenvalue weighted by molar-refractivity contribution is -0.384. The number of nitrogens with zero attached hydrogens (tertiary/aromatic N) is 5. The van der Waals surface area contributed by atoms with E-state index in [0.29, 0.717) is 24.5 Å². The molecular weight excluding hydrogens is 482 g/mol. The second kappa shape index (κ2) is 11.6. The number of aromatic nitrogens is 2. The molecule has 0 N–H and O–H groups in total. The molecule has 1 aliphatic carbocycles. The molecule has 2 heterocycles. The Morgan fingerprint density at radius 3 is 2.37 bits per heavy atom. The molecule has 1 aromatic heterocycles. The minimum Gasteiger partial charge on any atom is -0.302 e. The molecule has 5 rings (SSSR count). The summed E-state index contributed by atoms with van der Waals surface area (Å²) in [6.07, 6.45) is 6.87. The number of Topliss-reactive ketones (excluding diaryl/α,β-unsaturated/α-hetero) is 1. The van der Waals surface area contributed by atoms with Crippen molar-refractivity contribution in [2.24, 2.45) is 5.92 Å². The molecule has 196 valence electrons. The summed E-state index contributed by atoms with van der Waals surface area (Å²) < 4.78 is 0. The molecule has 2 aliphatic rings. The molecule has 0 spiro atoms. The molecule has 3 aromatic rings. The van der Waals surface area contributed by atoms with Crippen molar-refractivity contribution in [1.29, 1.82) is 0 Å². The predicted octanol–water partition coefficient (Wildman–Crippen LogP) is 4.51. The molecule has 1 fully saturated rings. The monoisotopic (exact) mass is 513 g/mol. The fraction of sp³-hybridized carbons (Fsp3) is 0.379. The molecule has 0 atom stereocenters. The lowest BCUT2D eigenvalue weighted by Crippen LogP contribution is -2.43. The number of carbonyl (C=O) groups is 2. The van der Waals surface area contributed by atoms with Crippen molar-refractivity contribution in [1.82, 2.24) is 14.9 Å². The molecule has 9 nitrogen and oxygen atoms in total. The third-order valence-corrected chi connectivity index (χ3v) is 7.58. The Balaban J connectivity index is 1.31. The number of aryl methyl sites for hydroxylation is 1. The van der Waals surface area contributed by atoms with Crippen molar-refractivity contribution in [3.63, 3.8) is 0 Å². The molecule has 2 aromatic carbocycles. The summed E-state index contributed by atoms with van der Waals surface area (Å²) in [6, 6.07) is 15.2. The van der Waals surface area contributed by atoms with Crippen molar-refractivity contribution in [2.45, 2.75) is 38.5 Å². The van der Waals surface area contributed by atoms with Crippen LogP contribution >= 0.6 is 0 Å². The zero-order valence-electron chi connectivity index (χ0n) is 21.3. The van der Waals surface area contributed by atoms with Gasteiger partial charge >= 0.3 is 0 Å². The van der Waals surface area contributed by atoms with E-state index in [1.54, 1.807) is 4.90 Å². The summed E-state index contributed by atoms with van der Waals surface area (Å²) in [5.74, 6) is 0.612. The fourth-order valence-corrected chi connectivity index (χ4v) is 5.42. The molecular formula is C29H31N5O4. The van der Waals surface area contributed by atoms with Crippen LogP contribution in [0.15, 0.2) is 60.9 Å². The van der Waals surface area contributed by atoms with Gasteiger partial charge in [-0.3, -0.25) is 24.6 Å². The highest BCUT2D eigenvalue weighted by Gasteiger charge is 2.29. The number of hydrogen-bond donors (Lipinski definition) is 0. The maximum absolute atomic E-state index is 13.7. The smallest absolute Gasteiger partial charge is 0.269 e. The quantitative estimate of drug-likeness (QED) is 0.248. The Bertz CT molecular complexity index is 1300. The fourth-order valence-electron chi connectivity index (χ4n) is 5.42. The lowest BCUT2D eigenvalue weighted by Gasteiger charge is -2.33. The van der Waals surface area contributed by atoms with E-state index in [-0.39, 0.29) is 23.3 Å². The summed E-state index contributed by atoms with van der Waals surface area (Å²) in [5.41, 5.74) is 3.09. The number of benzene rings is 2. The number of anilines is 1. The minimum absolute atomic E-state index is 0.0142. The predicted molar refractivity (Wildman–Crippen MR) is 143 cm³/mol. The van der Waals surface area contributed by atoms with Gasteiger partial charge < -0.3 is 4.90 Å². The van der Waals surface area contributed by atoms with Gasteiger partial charge in [0.2, 0.25) is 0 Å². The van der Waals surface area contributed by atoms with Crippen molar-refractivity contribution in [3.8, 4) is 0 Å². The van der Waals surface area contributed by atoms with Crippen molar-refractivity contribution >= 4 is 23.2 Å². The van der Waals surface area contributed by atoms with Gasteiger partial charge in [0.15, 0.2) is 5.78 Å². The minimum atomic E-state index is -0.473. The normalized spacial score (nSPS) is 16.0. The molecule has 38 heavy (non-hydrogen) atoms. The topological polar surface area (TPSA) is 110 Å². The standard InChI is InChI=1S/C29H31N5O4/c35-27(21-6-2-1-3-7-21)22-14-16-32(17-15-22)18-19-33(28-25-8-4-5-9-26(25)30-20-31-28)29(36)23-10-12-24(13-11-23)34(37)38/h1-3,6-7,10-13,20,22H,4-5,8-9,14-19H2. The van der Waals surface area contributed by atoms with Crippen LogP contribution in [0.5, 0.6) is 0 Å². The Morgan fingerprint density at radius 2 is 1.66 bits per heavy atom. The summed E-state index contributed by atoms with van der Waals surface area (Å²) in [5, 5.41) is 11.1. The number of ketones is 1. The first-order valence-corrected chi connectivity index (χ1v) is 13.2. The Labute approximate surface area is 221 Å². The second-order valence-corrected chi connectivity index (χ2v) is 9.94. The molecule has 1 saturated heterocycles. The van der Waals surface area contributed by atoms with Crippen LogP contribution in [0.4, 0.5) is 11.5 Å². The number of rotatable bonds is 8. The second-order valence-electron chi connectivity index (χ2n) is 9.94. The van der Waals surface area contributed by atoms with Crippen molar-refractivity contribution in [3.05, 3.63) is 93.4 Å². The number of likely N-dealkylation sites (tertiary alicyclic amines) is 1. The van der Waals surface area contributed by atoms with Crippen LogP contribution in [0.2, 0.25) is 0 Å². The Kier molecular flexibility index (Phi) is 7.83.